The molecule has 0 saturated carbocycles. The predicted octanol–water partition coefficient (Wildman–Crippen LogP) is 0.319. The lowest BCUT2D eigenvalue weighted by molar-refractivity contribution is -0.148. The lowest BCUT2D eigenvalue weighted by Gasteiger charge is -2.42. The lowest BCUT2D eigenvalue weighted by atomic mass is 9.78. The van der Waals surface area contributed by atoms with E-state index in [0.29, 0.717) is 64.5 Å². The first-order chi connectivity index (χ1) is 11.2. The van der Waals surface area contributed by atoms with E-state index in [9.17, 15) is 9.59 Å². The van der Waals surface area contributed by atoms with Gasteiger partial charge in [0.15, 0.2) is 5.76 Å². The van der Waals surface area contributed by atoms with E-state index in [-0.39, 0.29) is 11.8 Å². The summed E-state index contributed by atoms with van der Waals surface area (Å²) in [5, 5.41) is 0. The summed E-state index contributed by atoms with van der Waals surface area (Å²) in [6, 6.07) is 3.36. The van der Waals surface area contributed by atoms with Crippen molar-refractivity contribution >= 4 is 11.8 Å². The van der Waals surface area contributed by atoms with Gasteiger partial charge in [0.1, 0.15) is 0 Å². The zero-order valence-corrected chi connectivity index (χ0v) is 13.2. The molecule has 0 bridgehead atoms. The zero-order chi connectivity index (χ0) is 16.3. The first-order valence-electron chi connectivity index (χ1n) is 8.06. The molecule has 0 aromatic carbocycles. The van der Waals surface area contributed by atoms with E-state index in [2.05, 4.69) is 0 Å². The fourth-order valence-electron chi connectivity index (χ4n) is 3.27. The van der Waals surface area contributed by atoms with Crippen LogP contribution in [0.25, 0.3) is 0 Å². The Kier molecular flexibility index (Phi) is 4.68. The van der Waals surface area contributed by atoms with Crippen LogP contribution in [0.4, 0.5) is 0 Å². The van der Waals surface area contributed by atoms with Crippen molar-refractivity contribution in [3.63, 3.8) is 0 Å². The number of nitrogens with two attached hydrogens (primary N) is 1. The Morgan fingerprint density at radius 2 is 1.78 bits per heavy atom. The molecule has 3 rings (SSSR count). The van der Waals surface area contributed by atoms with Gasteiger partial charge in [-0.05, 0) is 25.0 Å². The molecule has 1 aromatic heterocycles. The summed E-state index contributed by atoms with van der Waals surface area (Å²) in [5.41, 5.74) is 5.41. The second-order valence-electron chi connectivity index (χ2n) is 6.16. The molecule has 3 heterocycles. The molecule has 0 atom stereocenters. The van der Waals surface area contributed by atoms with Gasteiger partial charge in [-0.2, -0.15) is 0 Å². The van der Waals surface area contributed by atoms with Crippen molar-refractivity contribution in [3.05, 3.63) is 24.2 Å². The van der Waals surface area contributed by atoms with Crippen LogP contribution in [0.3, 0.4) is 0 Å². The largest absolute Gasteiger partial charge is 0.459 e. The van der Waals surface area contributed by atoms with E-state index >= 15 is 0 Å². The van der Waals surface area contributed by atoms with Gasteiger partial charge in [-0.15, -0.1) is 0 Å². The molecule has 2 aliphatic rings. The van der Waals surface area contributed by atoms with E-state index in [1.165, 1.54) is 6.26 Å². The van der Waals surface area contributed by atoms with Crippen molar-refractivity contribution in [2.75, 3.05) is 45.9 Å². The highest BCUT2D eigenvalue weighted by Gasteiger charge is 2.42. The van der Waals surface area contributed by atoms with Crippen molar-refractivity contribution in [2.45, 2.75) is 12.8 Å². The number of amides is 2. The number of ether oxygens (including phenoxy) is 1. The van der Waals surface area contributed by atoms with Gasteiger partial charge in [0.2, 0.25) is 5.91 Å². The molecule has 2 fully saturated rings. The summed E-state index contributed by atoms with van der Waals surface area (Å²) < 4.78 is 10.5. The maximum atomic E-state index is 12.9. The predicted molar refractivity (Wildman–Crippen MR) is 82.7 cm³/mol. The van der Waals surface area contributed by atoms with Crippen LogP contribution in [0.15, 0.2) is 22.8 Å². The van der Waals surface area contributed by atoms with Gasteiger partial charge >= 0.3 is 0 Å². The molecule has 7 nitrogen and oxygen atoms in total. The third-order valence-corrected chi connectivity index (χ3v) is 4.88. The summed E-state index contributed by atoms with van der Waals surface area (Å²) >= 11 is 0. The minimum absolute atomic E-state index is 0.105. The van der Waals surface area contributed by atoms with Crippen LogP contribution in [0.5, 0.6) is 0 Å². The first kappa shape index (κ1) is 16.0. The number of nitrogens with zero attached hydrogens (tertiary/aromatic N) is 2. The highest BCUT2D eigenvalue weighted by Crippen LogP contribution is 2.32. The Morgan fingerprint density at radius 3 is 2.35 bits per heavy atom. The van der Waals surface area contributed by atoms with Gasteiger partial charge in [0, 0.05) is 45.9 Å². The van der Waals surface area contributed by atoms with Crippen molar-refractivity contribution in [1.29, 1.82) is 0 Å². The molecule has 1 aromatic rings. The highest BCUT2D eigenvalue weighted by molar-refractivity contribution is 5.91. The summed E-state index contributed by atoms with van der Waals surface area (Å²) in [6.07, 6.45) is 2.84. The summed E-state index contributed by atoms with van der Waals surface area (Å²) in [7, 11) is 0. The molecule has 7 heteroatoms. The lowest BCUT2D eigenvalue weighted by Crippen LogP contribution is -2.57. The highest BCUT2D eigenvalue weighted by atomic mass is 16.5. The minimum Gasteiger partial charge on any atom is -0.459 e. The Hall–Kier alpha value is -1.86. The number of carbonyl (C=O) groups excluding carboxylic acids is 2. The zero-order valence-electron chi connectivity index (χ0n) is 13.2. The van der Waals surface area contributed by atoms with Crippen LogP contribution in [0.2, 0.25) is 0 Å². The molecule has 0 radical (unpaired) electrons. The molecule has 0 spiro atoms. The third kappa shape index (κ3) is 3.11. The Morgan fingerprint density at radius 1 is 1.13 bits per heavy atom. The second-order valence-corrected chi connectivity index (χ2v) is 6.16. The van der Waals surface area contributed by atoms with E-state index in [4.69, 9.17) is 14.9 Å². The Labute approximate surface area is 135 Å². The molecular weight excluding hydrogens is 298 g/mol. The van der Waals surface area contributed by atoms with Crippen LogP contribution < -0.4 is 5.73 Å². The molecule has 0 unspecified atom stereocenters. The number of hydrogen-bond acceptors (Lipinski definition) is 5. The van der Waals surface area contributed by atoms with Crippen molar-refractivity contribution < 1.29 is 18.7 Å². The summed E-state index contributed by atoms with van der Waals surface area (Å²) in [6.45, 7) is 3.62. The summed E-state index contributed by atoms with van der Waals surface area (Å²) in [5.74, 6) is 0.322. The molecular formula is C16H23N3O4. The fraction of sp³-hybridized carbons (Fsp3) is 0.625. The van der Waals surface area contributed by atoms with Gasteiger partial charge < -0.3 is 24.7 Å². The van der Waals surface area contributed by atoms with Gasteiger partial charge in [0.25, 0.3) is 5.91 Å². The molecule has 2 N–H and O–H groups in total. The molecule has 0 aliphatic carbocycles. The smallest absolute Gasteiger partial charge is 0.289 e. The number of furan rings is 1. The number of rotatable bonds is 3. The van der Waals surface area contributed by atoms with Crippen LogP contribution in [0, 0.1) is 5.41 Å². The molecule has 2 aliphatic heterocycles. The number of hydrogen-bond donors (Lipinski definition) is 1. The van der Waals surface area contributed by atoms with Crippen molar-refractivity contribution in [1.82, 2.24) is 9.80 Å². The maximum Gasteiger partial charge on any atom is 0.289 e. The Balaban J connectivity index is 1.60. The van der Waals surface area contributed by atoms with Crippen LogP contribution in [-0.2, 0) is 9.53 Å². The molecule has 2 saturated heterocycles. The first-order valence-corrected chi connectivity index (χ1v) is 8.06. The van der Waals surface area contributed by atoms with Crippen molar-refractivity contribution in [2.24, 2.45) is 11.1 Å². The van der Waals surface area contributed by atoms with Crippen LogP contribution in [0.1, 0.15) is 23.4 Å². The molecule has 23 heavy (non-hydrogen) atoms. The SMILES string of the molecule is NCC1(C(=O)N2CCN(C(=O)c3ccco3)CC2)CCOCC1. The van der Waals surface area contributed by atoms with E-state index in [1.54, 1.807) is 17.0 Å². The maximum absolute atomic E-state index is 12.9. The quantitative estimate of drug-likeness (QED) is 0.866. The summed E-state index contributed by atoms with van der Waals surface area (Å²) in [4.78, 5) is 28.7. The molecule has 126 valence electrons. The van der Waals surface area contributed by atoms with Gasteiger partial charge in [-0.25, -0.2) is 0 Å². The number of carbonyl (C=O) groups is 2. The Bertz CT molecular complexity index is 544. The standard InChI is InChI=1S/C16H23N3O4/c17-12-16(3-10-22-11-4-16)15(21)19-7-5-18(6-8-19)14(20)13-2-1-9-23-13/h1-2,9H,3-8,10-12,17H2. The minimum atomic E-state index is -0.495. The average molecular weight is 321 g/mol. The number of piperazine rings is 1. The van der Waals surface area contributed by atoms with E-state index in [1.807, 2.05) is 4.90 Å². The van der Waals surface area contributed by atoms with Gasteiger partial charge in [-0.1, -0.05) is 0 Å². The van der Waals surface area contributed by atoms with E-state index < -0.39 is 5.41 Å². The normalized spacial score (nSPS) is 21.3. The van der Waals surface area contributed by atoms with E-state index in [0.717, 1.165) is 0 Å². The van der Waals surface area contributed by atoms with Crippen LogP contribution >= 0.6 is 0 Å². The van der Waals surface area contributed by atoms with Crippen molar-refractivity contribution in [3.8, 4) is 0 Å². The molecule has 2 amide bonds. The van der Waals surface area contributed by atoms with Crippen LogP contribution in [-0.4, -0.2) is 67.6 Å². The van der Waals surface area contributed by atoms with Gasteiger partial charge in [-0.3, -0.25) is 9.59 Å². The monoisotopic (exact) mass is 321 g/mol. The third-order valence-electron chi connectivity index (χ3n) is 4.88. The fourth-order valence-corrected chi connectivity index (χ4v) is 3.27. The average Bonchev–Trinajstić information content (AvgIpc) is 3.16. The topological polar surface area (TPSA) is 89.0 Å². The van der Waals surface area contributed by atoms with Gasteiger partial charge in [0.05, 0.1) is 11.7 Å². The second kappa shape index (κ2) is 6.72.